The molecule has 3 aromatic rings. The standard InChI is InChI=1S/C26H34N6O3/c1-17(19-8-11-27-12-9-19)34-22-14-18(7-13-28-22)16-30-24-20(6-5-10-29-24)25(33)31-23-15-21(32-35-23)26(2,3)4/h5-7,10,13-15,17,19,27H,8-9,11-12,16H2,1-4H3,(H,29,30)(H,31,33). The summed E-state index contributed by atoms with van der Waals surface area (Å²) >= 11 is 0. The maximum Gasteiger partial charge on any atom is 0.261 e. The Bertz CT molecular complexity index is 1130. The van der Waals surface area contributed by atoms with Crippen molar-refractivity contribution in [1.29, 1.82) is 0 Å². The van der Waals surface area contributed by atoms with Gasteiger partial charge in [-0.05, 0) is 62.5 Å². The van der Waals surface area contributed by atoms with Gasteiger partial charge in [0.25, 0.3) is 5.91 Å². The van der Waals surface area contributed by atoms with Gasteiger partial charge in [0.2, 0.25) is 11.8 Å². The van der Waals surface area contributed by atoms with E-state index in [1.807, 2.05) is 32.9 Å². The fourth-order valence-electron chi connectivity index (χ4n) is 4.01. The van der Waals surface area contributed by atoms with Gasteiger partial charge in [-0.3, -0.25) is 10.1 Å². The van der Waals surface area contributed by atoms with Crippen molar-refractivity contribution in [3.63, 3.8) is 0 Å². The molecule has 1 aliphatic heterocycles. The highest BCUT2D eigenvalue weighted by atomic mass is 16.5. The van der Waals surface area contributed by atoms with Crippen LogP contribution in [0.1, 0.15) is 62.2 Å². The van der Waals surface area contributed by atoms with Crippen molar-refractivity contribution in [2.75, 3.05) is 23.7 Å². The smallest absolute Gasteiger partial charge is 0.261 e. The molecular formula is C26H34N6O3. The summed E-state index contributed by atoms with van der Waals surface area (Å²) in [5.74, 6) is 1.58. The summed E-state index contributed by atoms with van der Waals surface area (Å²) in [5.41, 5.74) is 1.98. The molecule has 0 bridgehead atoms. The van der Waals surface area contributed by atoms with Crippen LogP contribution in [0.5, 0.6) is 5.88 Å². The van der Waals surface area contributed by atoms with Crippen molar-refractivity contribution >= 4 is 17.6 Å². The molecule has 1 saturated heterocycles. The van der Waals surface area contributed by atoms with Crippen molar-refractivity contribution in [3.05, 3.63) is 59.5 Å². The highest BCUT2D eigenvalue weighted by Gasteiger charge is 2.22. The second-order valence-electron chi connectivity index (χ2n) is 9.95. The number of pyridine rings is 2. The van der Waals surface area contributed by atoms with Gasteiger partial charge in [0.05, 0.1) is 11.3 Å². The van der Waals surface area contributed by atoms with Gasteiger partial charge < -0.3 is 19.9 Å². The molecule has 1 fully saturated rings. The molecule has 3 N–H and O–H groups in total. The molecular weight excluding hydrogens is 444 g/mol. The van der Waals surface area contributed by atoms with Crippen LogP contribution >= 0.6 is 0 Å². The molecule has 1 unspecified atom stereocenters. The molecule has 0 radical (unpaired) electrons. The van der Waals surface area contributed by atoms with Crippen molar-refractivity contribution in [3.8, 4) is 5.88 Å². The van der Waals surface area contributed by atoms with Gasteiger partial charge in [0, 0.05) is 36.5 Å². The second kappa shape index (κ2) is 10.9. The molecule has 4 rings (SSSR count). The van der Waals surface area contributed by atoms with Gasteiger partial charge in [0.1, 0.15) is 11.9 Å². The summed E-state index contributed by atoms with van der Waals surface area (Å²) in [6.07, 6.45) is 5.71. The highest BCUT2D eigenvalue weighted by molar-refractivity contribution is 6.06. The van der Waals surface area contributed by atoms with Crippen LogP contribution in [0.2, 0.25) is 0 Å². The lowest BCUT2D eigenvalue weighted by molar-refractivity contribution is 0.102. The Morgan fingerprint density at radius 3 is 2.74 bits per heavy atom. The van der Waals surface area contributed by atoms with Crippen LogP contribution in [0.25, 0.3) is 0 Å². The number of carbonyl (C=O) groups excluding carboxylic acids is 1. The third kappa shape index (κ3) is 6.57. The van der Waals surface area contributed by atoms with E-state index in [0.717, 1.165) is 37.2 Å². The first kappa shape index (κ1) is 24.7. The van der Waals surface area contributed by atoms with E-state index in [-0.39, 0.29) is 17.4 Å². The van der Waals surface area contributed by atoms with Crippen molar-refractivity contribution < 1.29 is 14.1 Å². The summed E-state index contributed by atoms with van der Waals surface area (Å²) < 4.78 is 11.4. The largest absolute Gasteiger partial charge is 0.474 e. The zero-order valence-corrected chi connectivity index (χ0v) is 20.8. The zero-order chi connectivity index (χ0) is 24.8. The number of aromatic nitrogens is 3. The Morgan fingerprint density at radius 2 is 2.00 bits per heavy atom. The second-order valence-corrected chi connectivity index (χ2v) is 9.95. The van der Waals surface area contributed by atoms with Crippen LogP contribution in [-0.2, 0) is 12.0 Å². The molecule has 9 heteroatoms. The normalized spacial score (nSPS) is 15.4. The molecule has 0 aromatic carbocycles. The monoisotopic (exact) mass is 478 g/mol. The van der Waals surface area contributed by atoms with Crippen LogP contribution in [0.4, 0.5) is 11.7 Å². The minimum Gasteiger partial charge on any atom is -0.474 e. The van der Waals surface area contributed by atoms with Crippen LogP contribution < -0.4 is 20.7 Å². The molecule has 35 heavy (non-hydrogen) atoms. The summed E-state index contributed by atoms with van der Waals surface area (Å²) in [4.78, 5) is 21.7. The zero-order valence-electron chi connectivity index (χ0n) is 20.8. The quantitative estimate of drug-likeness (QED) is 0.437. The Hall–Kier alpha value is -3.46. The Balaban J connectivity index is 1.38. The number of rotatable bonds is 8. The predicted octanol–water partition coefficient (Wildman–Crippen LogP) is 4.39. The molecule has 0 spiro atoms. The van der Waals surface area contributed by atoms with Gasteiger partial charge >= 0.3 is 0 Å². The highest BCUT2D eigenvalue weighted by Crippen LogP contribution is 2.25. The van der Waals surface area contributed by atoms with Gasteiger partial charge in [0.15, 0.2) is 0 Å². The van der Waals surface area contributed by atoms with Gasteiger partial charge in [-0.1, -0.05) is 25.9 Å². The molecule has 0 saturated carbocycles. The average Bonchev–Trinajstić information content (AvgIpc) is 3.33. The summed E-state index contributed by atoms with van der Waals surface area (Å²) in [7, 11) is 0. The van der Waals surface area contributed by atoms with Crippen LogP contribution in [0, 0.1) is 5.92 Å². The van der Waals surface area contributed by atoms with Crippen molar-refractivity contribution in [2.24, 2.45) is 5.92 Å². The minimum absolute atomic E-state index is 0.105. The van der Waals surface area contributed by atoms with Gasteiger partial charge in [-0.15, -0.1) is 0 Å². The summed E-state index contributed by atoms with van der Waals surface area (Å²) in [6, 6.07) is 9.02. The fraction of sp³-hybridized carbons (Fsp3) is 0.462. The van der Waals surface area contributed by atoms with E-state index in [1.54, 1.807) is 30.6 Å². The number of anilines is 2. The van der Waals surface area contributed by atoms with Crippen LogP contribution in [-0.4, -0.2) is 40.2 Å². The number of nitrogens with one attached hydrogen (secondary N) is 3. The Morgan fingerprint density at radius 1 is 1.20 bits per heavy atom. The summed E-state index contributed by atoms with van der Waals surface area (Å²) in [5, 5.41) is 13.5. The van der Waals surface area contributed by atoms with Gasteiger partial charge in [-0.2, -0.15) is 0 Å². The number of hydrogen-bond acceptors (Lipinski definition) is 8. The third-order valence-corrected chi connectivity index (χ3v) is 6.18. The lowest BCUT2D eigenvalue weighted by atomic mass is 9.92. The molecule has 3 aromatic heterocycles. The number of nitrogens with zero attached hydrogens (tertiary/aromatic N) is 3. The maximum absolute atomic E-state index is 12.9. The first-order valence-corrected chi connectivity index (χ1v) is 12.1. The first-order chi connectivity index (χ1) is 16.8. The molecule has 0 aliphatic carbocycles. The molecule has 4 heterocycles. The first-order valence-electron chi connectivity index (χ1n) is 12.1. The molecule has 9 nitrogen and oxygen atoms in total. The van der Waals surface area contributed by atoms with Crippen LogP contribution in [0.3, 0.4) is 0 Å². The van der Waals surface area contributed by atoms with Gasteiger partial charge in [-0.25, -0.2) is 9.97 Å². The number of carbonyl (C=O) groups is 1. The van der Waals surface area contributed by atoms with Crippen LogP contribution in [0.15, 0.2) is 47.2 Å². The van der Waals surface area contributed by atoms with E-state index in [4.69, 9.17) is 9.26 Å². The van der Waals surface area contributed by atoms with Crippen molar-refractivity contribution in [1.82, 2.24) is 20.4 Å². The lowest BCUT2D eigenvalue weighted by Crippen LogP contribution is -2.35. The van der Waals surface area contributed by atoms with E-state index in [2.05, 4.69) is 38.0 Å². The topological polar surface area (TPSA) is 114 Å². The number of hydrogen-bond donors (Lipinski definition) is 3. The predicted molar refractivity (Wildman–Crippen MR) is 135 cm³/mol. The average molecular weight is 479 g/mol. The lowest BCUT2D eigenvalue weighted by Gasteiger charge is -2.28. The van der Waals surface area contributed by atoms with E-state index in [0.29, 0.717) is 35.6 Å². The molecule has 1 amide bonds. The molecule has 1 aliphatic rings. The number of piperidine rings is 1. The third-order valence-electron chi connectivity index (χ3n) is 6.18. The Kier molecular flexibility index (Phi) is 7.65. The molecule has 1 atom stereocenters. The van der Waals surface area contributed by atoms with E-state index >= 15 is 0 Å². The fourth-order valence-corrected chi connectivity index (χ4v) is 4.01. The minimum atomic E-state index is -0.327. The van der Waals surface area contributed by atoms with Crippen molar-refractivity contribution in [2.45, 2.75) is 58.6 Å². The van der Waals surface area contributed by atoms with E-state index < -0.39 is 0 Å². The summed E-state index contributed by atoms with van der Waals surface area (Å²) in [6.45, 7) is 10.7. The Labute approximate surface area is 206 Å². The number of amides is 1. The molecule has 186 valence electrons. The SMILES string of the molecule is CC(Oc1cc(CNc2ncccc2C(=O)Nc2cc(C(C)(C)C)no2)ccn1)C1CCNCC1. The number of ether oxygens (including phenoxy) is 1. The maximum atomic E-state index is 12.9. The van der Waals surface area contributed by atoms with E-state index in [1.165, 1.54) is 0 Å². The van der Waals surface area contributed by atoms with E-state index in [9.17, 15) is 4.79 Å².